The van der Waals surface area contributed by atoms with Gasteiger partial charge in [-0.3, -0.25) is 9.59 Å². The Hall–Kier alpha value is -1.06. The molecule has 0 aliphatic rings. The Morgan fingerprint density at radius 2 is 1.92 bits per heavy atom. The molecule has 4 heteroatoms. The van der Waals surface area contributed by atoms with Crippen molar-refractivity contribution in [1.29, 1.82) is 0 Å². The number of primary amides is 1. The molecule has 0 rings (SSSR count). The van der Waals surface area contributed by atoms with Gasteiger partial charge < -0.3 is 10.5 Å². The Bertz CT molecular complexity index is 187. The highest BCUT2D eigenvalue weighted by Crippen LogP contribution is 2.20. The molecular formula is C8H15NO3. The lowest BCUT2D eigenvalue weighted by Crippen LogP contribution is -2.29. The van der Waals surface area contributed by atoms with E-state index >= 15 is 0 Å². The van der Waals surface area contributed by atoms with Crippen LogP contribution in [-0.4, -0.2) is 18.5 Å². The summed E-state index contributed by atoms with van der Waals surface area (Å²) in [5.41, 5.74) is 4.28. The van der Waals surface area contributed by atoms with Crippen molar-refractivity contribution in [2.45, 2.75) is 27.2 Å². The number of amides is 1. The average molecular weight is 173 g/mol. The predicted molar refractivity (Wildman–Crippen MR) is 44.2 cm³/mol. The highest BCUT2D eigenvalue weighted by Gasteiger charge is 2.27. The quantitative estimate of drug-likeness (QED) is 0.627. The molecule has 0 spiro atoms. The second-order valence-electron chi connectivity index (χ2n) is 3.28. The molecule has 0 bridgehead atoms. The molecule has 1 amide bonds. The maximum Gasteiger partial charge on any atom is 0.312 e. The zero-order valence-corrected chi connectivity index (χ0v) is 7.72. The van der Waals surface area contributed by atoms with Gasteiger partial charge in [0.15, 0.2) is 6.61 Å². The van der Waals surface area contributed by atoms with Gasteiger partial charge in [-0.05, 0) is 20.3 Å². The first kappa shape index (κ1) is 10.9. The maximum absolute atomic E-state index is 11.2. The fraction of sp³-hybridized carbons (Fsp3) is 0.750. The summed E-state index contributed by atoms with van der Waals surface area (Å²) in [6.45, 7) is 5.07. The number of ether oxygens (including phenoxy) is 1. The average Bonchev–Trinajstić information content (AvgIpc) is 2.00. The number of hydrogen-bond donors (Lipinski definition) is 1. The molecule has 4 nitrogen and oxygen atoms in total. The summed E-state index contributed by atoms with van der Waals surface area (Å²) >= 11 is 0. The van der Waals surface area contributed by atoms with Crippen molar-refractivity contribution in [3.05, 3.63) is 0 Å². The lowest BCUT2D eigenvalue weighted by atomic mass is 9.91. The molecular weight excluding hydrogens is 158 g/mol. The van der Waals surface area contributed by atoms with E-state index in [1.807, 2.05) is 6.92 Å². The molecule has 2 N–H and O–H groups in total. The van der Waals surface area contributed by atoms with Crippen LogP contribution in [0.25, 0.3) is 0 Å². The van der Waals surface area contributed by atoms with Crippen LogP contribution in [0.5, 0.6) is 0 Å². The molecule has 0 atom stereocenters. The lowest BCUT2D eigenvalue weighted by Gasteiger charge is -2.19. The van der Waals surface area contributed by atoms with Crippen molar-refractivity contribution in [3.63, 3.8) is 0 Å². The minimum absolute atomic E-state index is 0.331. The highest BCUT2D eigenvalue weighted by molar-refractivity contribution is 5.81. The molecule has 0 radical (unpaired) electrons. The molecule has 0 aromatic rings. The van der Waals surface area contributed by atoms with Gasteiger partial charge in [0.1, 0.15) is 0 Å². The normalized spacial score (nSPS) is 10.9. The zero-order valence-electron chi connectivity index (χ0n) is 7.72. The van der Waals surface area contributed by atoms with Crippen LogP contribution in [-0.2, 0) is 14.3 Å². The summed E-state index contributed by atoms with van der Waals surface area (Å²) in [7, 11) is 0. The third-order valence-corrected chi connectivity index (χ3v) is 1.78. The van der Waals surface area contributed by atoms with Crippen molar-refractivity contribution in [3.8, 4) is 0 Å². The van der Waals surface area contributed by atoms with Crippen molar-refractivity contribution < 1.29 is 14.3 Å². The standard InChI is InChI=1S/C8H15NO3/c1-4-8(2,3)7(11)12-5-6(9)10/h4-5H2,1-3H3,(H2,9,10). The number of rotatable bonds is 4. The van der Waals surface area contributed by atoms with Crippen LogP contribution in [0.4, 0.5) is 0 Å². The third kappa shape index (κ3) is 3.37. The van der Waals surface area contributed by atoms with Gasteiger partial charge in [0.25, 0.3) is 5.91 Å². The van der Waals surface area contributed by atoms with Gasteiger partial charge in [-0.15, -0.1) is 0 Å². The SMILES string of the molecule is CCC(C)(C)C(=O)OCC(N)=O. The van der Waals surface area contributed by atoms with E-state index in [1.54, 1.807) is 13.8 Å². The van der Waals surface area contributed by atoms with Gasteiger partial charge in [0.2, 0.25) is 0 Å². The van der Waals surface area contributed by atoms with Crippen molar-refractivity contribution in [2.75, 3.05) is 6.61 Å². The second kappa shape index (κ2) is 4.09. The van der Waals surface area contributed by atoms with E-state index in [1.165, 1.54) is 0 Å². The van der Waals surface area contributed by atoms with Crippen LogP contribution >= 0.6 is 0 Å². The molecule has 0 aliphatic heterocycles. The Morgan fingerprint density at radius 3 is 2.25 bits per heavy atom. The highest BCUT2D eigenvalue weighted by atomic mass is 16.5. The van der Waals surface area contributed by atoms with Gasteiger partial charge in [0, 0.05) is 0 Å². The van der Waals surface area contributed by atoms with Crippen LogP contribution in [0.15, 0.2) is 0 Å². The van der Waals surface area contributed by atoms with Gasteiger partial charge in [-0.1, -0.05) is 6.92 Å². The Balaban J connectivity index is 3.96. The molecule has 12 heavy (non-hydrogen) atoms. The van der Waals surface area contributed by atoms with Crippen molar-refractivity contribution in [2.24, 2.45) is 11.1 Å². The molecule has 70 valence electrons. The molecule has 0 saturated carbocycles. The molecule has 0 aliphatic carbocycles. The minimum atomic E-state index is -0.629. The first-order chi connectivity index (χ1) is 5.40. The molecule has 0 saturated heterocycles. The fourth-order valence-electron chi connectivity index (χ4n) is 0.476. The topological polar surface area (TPSA) is 69.4 Å². The smallest absolute Gasteiger partial charge is 0.312 e. The third-order valence-electron chi connectivity index (χ3n) is 1.78. The summed E-state index contributed by atoms with van der Waals surface area (Å²) in [5.74, 6) is -1.01. The van der Waals surface area contributed by atoms with Gasteiger partial charge in [-0.25, -0.2) is 0 Å². The number of carbonyl (C=O) groups is 2. The maximum atomic E-state index is 11.2. The predicted octanol–water partition coefficient (Wildman–Crippen LogP) is 0.451. The molecule has 0 aromatic heterocycles. The minimum Gasteiger partial charge on any atom is -0.455 e. The van der Waals surface area contributed by atoms with Crippen LogP contribution in [0.2, 0.25) is 0 Å². The summed E-state index contributed by atoms with van der Waals surface area (Å²) in [6.07, 6.45) is 0.671. The molecule has 0 aromatic carbocycles. The largest absolute Gasteiger partial charge is 0.455 e. The summed E-state index contributed by atoms with van der Waals surface area (Å²) in [4.78, 5) is 21.4. The Labute approximate surface area is 72.1 Å². The number of nitrogens with two attached hydrogens (primary N) is 1. The fourth-order valence-corrected chi connectivity index (χ4v) is 0.476. The second-order valence-corrected chi connectivity index (χ2v) is 3.28. The van der Waals surface area contributed by atoms with E-state index in [4.69, 9.17) is 5.73 Å². The van der Waals surface area contributed by atoms with Gasteiger partial charge in [-0.2, -0.15) is 0 Å². The summed E-state index contributed by atoms with van der Waals surface area (Å²) in [5, 5.41) is 0. The van der Waals surface area contributed by atoms with E-state index in [9.17, 15) is 9.59 Å². The van der Waals surface area contributed by atoms with Crippen LogP contribution in [0.3, 0.4) is 0 Å². The van der Waals surface area contributed by atoms with E-state index in [-0.39, 0.29) is 12.6 Å². The van der Waals surface area contributed by atoms with Crippen molar-refractivity contribution >= 4 is 11.9 Å². The molecule has 0 heterocycles. The Morgan fingerprint density at radius 1 is 1.42 bits per heavy atom. The Kier molecular flexibility index (Phi) is 3.73. The van der Waals surface area contributed by atoms with Gasteiger partial charge in [0.05, 0.1) is 5.41 Å². The van der Waals surface area contributed by atoms with Crippen LogP contribution < -0.4 is 5.73 Å². The van der Waals surface area contributed by atoms with E-state index in [0.717, 1.165) is 0 Å². The van der Waals surface area contributed by atoms with Gasteiger partial charge >= 0.3 is 5.97 Å². The monoisotopic (exact) mass is 173 g/mol. The first-order valence-electron chi connectivity index (χ1n) is 3.85. The van der Waals surface area contributed by atoms with Crippen LogP contribution in [0.1, 0.15) is 27.2 Å². The van der Waals surface area contributed by atoms with Crippen LogP contribution in [0, 0.1) is 5.41 Å². The number of carbonyl (C=O) groups excluding carboxylic acids is 2. The summed E-state index contributed by atoms with van der Waals surface area (Å²) < 4.78 is 4.65. The van der Waals surface area contributed by atoms with E-state index < -0.39 is 11.3 Å². The molecule has 0 fully saturated rings. The van der Waals surface area contributed by atoms with E-state index in [0.29, 0.717) is 6.42 Å². The molecule has 0 unspecified atom stereocenters. The lowest BCUT2D eigenvalue weighted by molar-refractivity contribution is -0.156. The zero-order chi connectivity index (χ0) is 9.78. The first-order valence-corrected chi connectivity index (χ1v) is 3.85. The number of hydrogen-bond acceptors (Lipinski definition) is 3. The number of esters is 1. The summed E-state index contributed by atoms with van der Waals surface area (Å²) in [6, 6.07) is 0. The van der Waals surface area contributed by atoms with Crippen molar-refractivity contribution in [1.82, 2.24) is 0 Å². The van der Waals surface area contributed by atoms with E-state index in [2.05, 4.69) is 4.74 Å².